The van der Waals surface area contributed by atoms with Gasteiger partial charge in [0.2, 0.25) is 0 Å². The molecule has 0 bridgehead atoms. The number of nitrogens with one attached hydrogen (secondary N) is 1. The number of allylic oxidation sites excluding steroid dienone is 1. The maximum Gasteiger partial charge on any atom is 0.255 e. The Hall–Kier alpha value is -2.73. The van der Waals surface area contributed by atoms with Gasteiger partial charge < -0.3 is 14.0 Å². The molecule has 4 rings (SSSR count). The van der Waals surface area contributed by atoms with E-state index in [9.17, 15) is 4.79 Å². The summed E-state index contributed by atoms with van der Waals surface area (Å²) in [6.07, 6.45) is 9.49. The third kappa shape index (κ3) is 8.08. The van der Waals surface area contributed by atoms with Crippen LogP contribution < -0.4 is 9.62 Å². The molecule has 1 aromatic heterocycles. The molecule has 0 spiro atoms. The quantitative estimate of drug-likeness (QED) is 0.316. The molecule has 2 heterocycles. The second-order valence-electron chi connectivity index (χ2n) is 7.38. The van der Waals surface area contributed by atoms with E-state index < -0.39 is 0 Å². The maximum absolute atomic E-state index is 12.4. The summed E-state index contributed by atoms with van der Waals surface area (Å²) in [5, 5.41) is 2.90. The zero-order valence-electron chi connectivity index (χ0n) is 19.5. The molecule has 1 amide bonds. The van der Waals surface area contributed by atoms with Crippen LogP contribution in [0.4, 0.5) is 11.4 Å². The number of hydrogen-bond acceptors (Lipinski definition) is 5. The number of nitrogens with zero attached hydrogens (tertiary/aromatic N) is 2. The summed E-state index contributed by atoms with van der Waals surface area (Å²) in [5.74, 6) is 1.03. The summed E-state index contributed by atoms with van der Waals surface area (Å²) in [7, 11) is 0. The Balaban J connectivity index is 0.000000395. The number of unbranched alkanes of at least 4 members (excludes halogenated alkanes) is 1. The molecule has 2 aromatic carbocycles. The van der Waals surface area contributed by atoms with E-state index in [4.69, 9.17) is 4.42 Å². The molecule has 32 heavy (non-hydrogen) atoms. The monoisotopic (exact) mass is 453 g/mol. The van der Waals surface area contributed by atoms with Crippen molar-refractivity contribution in [3.05, 3.63) is 67.1 Å². The van der Waals surface area contributed by atoms with E-state index in [1.807, 2.05) is 48.4 Å². The number of aromatic nitrogens is 1. The van der Waals surface area contributed by atoms with Crippen LogP contribution in [0.25, 0.3) is 11.1 Å². The maximum atomic E-state index is 12.4. The van der Waals surface area contributed by atoms with E-state index in [0.29, 0.717) is 16.8 Å². The summed E-state index contributed by atoms with van der Waals surface area (Å²) < 4.78 is 7.50. The highest BCUT2D eigenvalue weighted by molar-refractivity contribution is 8.00. The van der Waals surface area contributed by atoms with Crippen LogP contribution in [0.2, 0.25) is 0 Å². The molecule has 0 radical (unpaired) electrons. The van der Waals surface area contributed by atoms with Crippen molar-refractivity contribution in [2.45, 2.75) is 52.9 Å². The van der Waals surface area contributed by atoms with Crippen molar-refractivity contribution in [3.8, 4) is 0 Å². The molecule has 1 saturated heterocycles. The van der Waals surface area contributed by atoms with Crippen molar-refractivity contribution in [1.82, 2.24) is 4.98 Å². The van der Waals surface area contributed by atoms with Gasteiger partial charge in [0.1, 0.15) is 5.52 Å². The Labute approximate surface area is 196 Å². The molecule has 0 aliphatic carbocycles. The lowest BCUT2D eigenvalue weighted by Gasteiger charge is -2.27. The van der Waals surface area contributed by atoms with Crippen LogP contribution in [-0.4, -0.2) is 23.2 Å². The lowest BCUT2D eigenvalue weighted by atomic mass is 10.2. The van der Waals surface area contributed by atoms with Crippen LogP contribution in [0.5, 0.6) is 0 Å². The first-order chi connectivity index (χ1) is 15.6. The van der Waals surface area contributed by atoms with Gasteiger partial charge in [0.05, 0.1) is 0 Å². The fraction of sp³-hybridized carbons (Fsp3) is 0.385. The molecule has 1 aliphatic rings. The second kappa shape index (κ2) is 14.4. The molecule has 0 saturated carbocycles. The Morgan fingerprint density at radius 3 is 2.47 bits per heavy atom. The first-order valence-corrected chi connectivity index (χ1v) is 12.3. The van der Waals surface area contributed by atoms with Gasteiger partial charge in [-0.15, -0.1) is 6.58 Å². The Morgan fingerprint density at radius 2 is 1.88 bits per heavy atom. The normalized spacial score (nSPS) is 12.8. The third-order valence-electron chi connectivity index (χ3n) is 4.80. The largest absolute Gasteiger partial charge is 0.443 e. The van der Waals surface area contributed by atoms with E-state index in [-0.39, 0.29) is 5.91 Å². The SMILES string of the molecule is C=CCC.CCCC.O=C(Nc1ccc2ocnc2c1)c1ccc(N2CCCCS2)cc1. The van der Waals surface area contributed by atoms with Crippen LogP contribution in [0.1, 0.15) is 63.2 Å². The van der Waals surface area contributed by atoms with Crippen molar-refractivity contribution >= 4 is 40.3 Å². The number of fused-ring (bicyclic) bond motifs is 1. The van der Waals surface area contributed by atoms with Gasteiger partial charge in [-0.25, -0.2) is 4.98 Å². The van der Waals surface area contributed by atoms with E-state index in [0.717, 1.165) is 29.9 Å². The predicted molar refractivity (Wildman–Crippen MR) is 139 cm³/mol. The summed E-state index contributed by atoms with van der Waals surface area (Å²) in [4.78, 5) is 16.5. The van der Waals surface area contributed by atoms with E-state index >= 15 is 0 Å². The highest BCUT2D eigenvalue weighted by atomic mass is 32.2. The minimum Gasteiger partial charge on any atom is -0.443 e. The van der Waals surface area contributed by atoms with Gasteiger partial charge in [-0.3, -0.25) is 4.79 Å². The van der Waals surface area contributed by atoms with Crippen molar-refractivity contribution in [1.29, 1.82) is 0 Å². The summed E-state index contributed by atoms with van der Waals surface area (Å²) in [5.41, 5.74) is 3.93. The lowest BCUT2D eigenvalue weighted by Crippen LogP contribution is -2.21. The minimum atomic E-state index is -0.129. The number of carbonyl (C=O) groups excluding carboxylic acids is 1. The summed E-state index contributed by atoms with van der Waals surface area (Å²) in [6, 6.07) is 13.2. The van der Waals surface area contributed by atoms with Crippen molar-refractivity contribution in [3.63, 3.8) is 0 Å². The molecule has 1 N–H and O–H groups in total. The van der Waals surface area contributed by atoms with Gasteiger partial charge in [0.15, 0.2) is 12.0 Å². The van der Waals surface area contributed by atoms with Gasteiger partial charge in [0.25, 0.3) is 5.91 Å². The Bertz CT molecular complexity index is 945. The van der Waals surface area contributed by atoms with Gasteiger partial charge in [0, 0.05) is 29.2 Å². The minimum absolute atomic E-state index is 0.129. The van der Waals surface area contributed by atoms with E-state index in [1.54, 1.807) is 12.1 Å². The Morgan fingerprint density at radius 1 is 1.16 bits per heavy atom. The number of oxazole rings is 1. The zero-order chi connectivity index (χ0) is 23.2. The average molecular weight is 454 g/mol. The number of carbonyl (C=O) groups is 1. The van der Waals surface area contributed by atoms with E-state index in [1.165, 1.54) is 32.1 Å². The number of amides is 1. The van der Waals surface area contributed by atoms with Gasteiger partial charge in [-0.05, 0) is 73.7 Å². The number of rotatable bonds is 5. The fourth-order valence-corrected chi connectivity index (χ4v) is 3.80. The molecule has 5 nitrogen and oxygen atoms in total. The topological polar surface area (TPSA) is 58.4 Å². The van der Waals surface area contributed by atoms with Crippen molar-refractivity contribution in [2.75, 3.05) is 21.9 Å². The third-order valence-corrected chi connectivity index (χ3v) is 5.97. The second-order valence-corrected chi connectivity index (χ2v) is 8.48. The molecule has 6 heteroatoms. The first kappa shape index (κ1) is 25.5. The summed E-state index contributed by atoms with van der Waals surface area (Å²) in [6.45, 7) is 11.0. The van der Waals surface area contributed by atoms with Crippen LogP contribution in [0.15, 0.2) is 65.9 Å². The fourth-order valence-electron chi connectivity index (χ4n) is 2.72. The highest BCUT2D eigenvalue weighted by Gasteiger charge is 2.13. The first-order valence-electron chi connectivity index (χ1n) is 11.4. The van der Waals surface area contributed by atoms with Crippen molar-refractivity contribution in [2.24, 2.45) is 0 Å². The number of anilines is 2. The van der Waals surface area contributed by atoms with Gasteiger partial charge in [-0.2, -0.15) is 0 Å². The molecule has 1 aliphatic heterocycles. The molecule has 0 unspecified atom stereocenters. The molecular weight excluding hydrogens is 418 g/mol. The molecule has 0 atom stereocenters. The van der Waals surface area contributed by atoms with Gasteiger partial charge in [-0.1, -0.05) is 39.7 Å². The number of benzene rings is 2. The van der Waals surface area contributed by atoms with Gasteiger partial charge >= 0.3 is 0 Å². The van der Waals surface area contributed by atoms with Crippen LogP contribution in [0, 0.1) is 0 Å². The molecule has 1 fully saturated rings. The zero-order valence-corrected chi connectivity index (χ0v) is 20.3. The van der Waals surface area contributed by atoms with Crippen LogP contribution >= 0.6 is 11.9 Å². The smallest absolute Gasteiger partial charge is 0.255 e. The Kier molecular flexibility index (Phi) is 11.5. The van der Waals surface area contributed by atoms with E-state index in [2.05, 4.69) is 42.0 Å². The standard InChI is InChI=1S/C18H17N3O2S.C4H10.C4H8/c22-18(20-14-5-8-17-16(11-14)19-12-23-17)13-3-6-15(7-4-13)21-9-1-2-10-24-21;2*1-3-4-2/h3-8,11-12H,1-2,9-10H2,(H,20,22);3-4H2,1-2H3;3H,1,4H2,2H3. The molecule has 3 aromatic rings. The summed E-state index contributed by atoms with van der Waals surface area (Å²) >= 11 is 1.85. The predicted octanol–water partition coefficient (Wildman–Crippen LogP) is 7.72. The average Bonchev–Trinajstić information content (AvgIpc) is 3.33. The van der Waals surface area contributed by atoms with Crippen molar-refractivity contribution < 1.29 is 9.21 Å². The van der Waals surface area contributed by atoms with Crippen LogP contribution in [0.3, 0.4) is 0 Å². The molecule has 172 valence electrons. The highest BCUT2D eigenvalue weighted by Crippen LogP contribution is 2.27. The lowest BCUT2D eigenvalue weighted by molar-refractivity contribution is 0.102. The number of hydrogen-bond donors (Lipinski definition) is 1. The molecular formula is C26H35N3O2S. The van der Waals surface area contributed by atoms with Crippen LogP contribution in [-0.2, 0) is 0 Å².